The minimum atomic E-state index is -5.31. The van der Waals surface area contributed by atoms with Gasteiger partial charge in [-0.1, -0.05) is 109 Å². The van der Waals surface area contributed by atoms with E-state index in [1.165, 1.54) is 94.1 Å². The van der Waals surface area contributed by atoms with E-state index in [0.29, 0.717) is 35.4 Å². The Morgan fingerprint density at radius 3 is 0.902 bits per heavy atom. The number of nitrogens with zero attached hydrogens (tertiary/aromatic N) is 5. The summed E-state index contributed by atoms with van der Waals surface area (Å²) < 4.78 is 223. The largest absolute Gasteiger partial charge is 0.420 e. The topological polar surface area (TPSA) is 48.5 Å². The molecule has 410 valence electrons. The van der Waals surface area contributed by atoms with Crippen LogP contribution < -0.4 is 0 Å². The molecule has 12 aromatic rings. The monoisotopic (exact) mass is 1130 g/mol. The van der Waals surface area contributed by atoms with Gasteiger partial charge in [0, 0.05) is 38.2 Å². The van der Waals surface area contributed by atoms with Crippen molar-refractivity contribution in [1.82, 2.24) is 24.1 Å². The average molecular weight is 1130 g/mol. The summed E-state index contributed by atoms with van der Waals surface area (Å²) in [6, 6.07) is 41.5. The number of hydrogen-bond acceptors (Lipinski definition) is 3. The third-order valence-electron chi connectivity index (χ3n) is 14.0. The van der Waals surface area contributed by atoms with E-state index >= 15 is 13.2 Å². The maximum atomic E-state index is 16.9. The maximum absolute atomic E-state index is 16.9. The Morgan fingerprint density at radius 2 is 0.561 bits per heavy atom. The van der Waals surface area contributed by atoms with Gasteiger partial charge in [0.2, 0.25) is 0 Å². The highest BCUT2D eigenvalue weighted by atomic mass is 19.4. The second-order valence-electron chi connectivity index (χ2n) is 19.2. The number of aromatic nitrogens is 5. The lowest BCUT2D eigenvalue weighted by Crippen LogP contribution is -2.16. The van der Waals surface area contributed by atoms with Gasteiger partial charge in [0.1, 0.15) is 5.56 Å². The second-order valence-corrected chi connectivity index (χ2v) is 19.2. The van der Waals surface area contributed by atoms with Gasteiger partial charge in [-0.2, -0.15) is 65.9 Å². The molecule has 20 heteroatoms. The fourth-order valence-electron chi connectivity index (χ4n) is 10.4. The molecule has 0 aliphatic carbocycles. The van der Waals surface area contributed by atoms with E-state index in [4.69, 9.17) is 15.0 Å². The van der Waals surface area contributed by atoms with Gasteiger partial charge in [-0.15, -0.1) is 0 Å². The molecule has 0 spiro atoms. The van der Waals surface area contributed by atoms with E-state index in [1.54, 1.807) is 72.8 Å². The highest BCUT2D eigenvalue weighted by Crippen LogP contribution is 2.48. The molecule has 0 N–H and O–H groups in total. The third-order valence-corrected chi connectivity index (χ3v) is 14.0. The Kier molecular flexibility index (Phi) is 12.4. The zero-order chi connectivity index (χ0) is 57.8. The summed E-state index contributed by atoms with van der Waals surface area (Å²) in [6.45, 7) is 0. The van der Waals surface area contributed by atoms with Crippen LogP contribution in [-0.4, -0.2) is 24.1 Å². The molecule has 12 rings (SSSR count). The molecule has 0 bridgehead atoms. The van der Waals surface area contributed by atoms with Crippen molar-refractivity contribution >= 4 is 43.6 Å². The second kappa shape index (κ2) is 19.1. The molecular weight excluding hydrogens is 1100 g/mol. The molecule has 0 atom stereocenters. The van der Waals surface area contributed by atoms with Crippen LogP contribution in [0.4, 0.5) is 65.9 Å². The predicted molar refractivity (Wildman–Crippen MR) is 281 cm³/mol. The zero-order valence-electron chi connectivity index (χ0n) is 41.4. The predicted octanol–water partition coefficient (Wildman–Crippen LogP) is 19.5. The molecule has 0 radical (unpaired) electrons. The molecule has 0 saturated carbocycles. The van der Waals surface area contributed by atoms with Crippen molar-refractivity contribution < 1.29 is 65.9 Å². The van der Waals surface area contributed by atoms with Crippen LogP contribution in [0, 0.1) is 0 Å². The van der Waals surface area contributed by atoms with Crippen molar-refractivity contribution in [3.63, 3.8) is 0 Å². The number of benzene rings is 9. The minimum Gasteiger partial charge on any atom is -0.309 e. The summed E-state index contributed by atoms with van der Waals surface area (Å²) in [4.78, 5) is 14.4. The number of para-hydroxylation sites is 2. The first-order valence-electron chi connectivity index (χ1n) is 24.6. The lowest BCUT2D eigenvalue weighted by atomic mass is 9.97. The fraction of sp³-hybridized carbons (Fsp3) is 0.0806. The summed E-state index contributed by atoms with van der Waals surface area (Å²) in [5.74, 6) is 0.102. The van der Waals surface area contributed by atoms with Crippen molar-refractivity contribution in [2.24, 2.45) is 0 Å². The molecule has 0 unspecified atom stereocenters. The van der Waals surface area contributed by atoms with Gasteiger partial charge in [0.15, 0.2) is 17.5 Å². The highest BCUT2D eigenvalue weighted by Gasteiger charge is 2.42. The van der Waals surface area contributed by atoms with Gasteiger partial charge >= 0.3 is 30.9 Å². The van der Waals surface area contributed by atoms with Gasteiger partial charge < -0.3 is 9.13 Å². The van der Waals surface area contributed by atoms with Crippen LogP contribution in [0.5, 0.6) is 0 Å². The van der Waals surface area contributed by atoms with Gasteiger partial charge in [0.25, 0.3) is 0 Å². The smallest absolute Gasteiger partial charge is 0.309 e. The van der Waals surface area contributed by atoms with E-state index in [-0.39, 0.29) is 89.9 Å². The van der Waals surface area contributed by atoms with Crippen molar-refractivity contribution in [2.45, 2.75) is 30.9 Å². The van der Waals surface area contributed by atoms with Crippen molar-refractivity contribution in [2.75, 3.05) is 0 Å². The number of alkyl halides is 15. The molecule has 82 heavy (non-hydrogen) atoms. The first-order chi connectivity index (χ1) is 38.8. The van der Waals surface area contributed by atoms with Crippen LogP contribution in [0.2, 0.25) is 0 Å². The van der Waals surface area contributed by atoms with Crippen LogP contribution in [0.3, 0.4) is 0 Å². The van der Waals surface area contributed by atoms with E-state index in [9.17, 15) is 52.7 Å². The summed E-state index contributed by atoms with van der Waals surface area (Å²) in [6.07, 6.45) is -26.1. The van der Waals surface area contributed by atoms with Gasteiger partial charge in [0.05, 0.1) is 55.7 Å². The first-order valence-corrected chi connectivity index (χ1v) is 24.6. The molecule has 0 aliphatic heterocycles. The Labute approximate surface area is 452 Å². The standard InChI is InChI=1S/C62H32F15N5/c63-58(64,65)40-23-37(24-41(31-40)59(66,67)68)35-19-21-50-46(27-35)44-15-7-9-17-48(44)81(50)52-29-39(57-79-55(33-11-3-1-4-12-33)78-56(80-57)34-13-5-2-6-14-34)30-53(54(52)62(75,76)77)82-49-18-10-8-16-45(49)47-28-36(20-22-51(47)82)38-25-42(60(69,70)71)32-43(26-38)61(72,73)74/h1-32H. The van der Waals surface area contributed by atoms with Crippen molar-refractivity contribution in [3.8, 4) is 67.8 Å². The fourth-order valence-corrected chi connectivity index (χ4v) is 10.4. The molecule has 0 amide bonds. The van der Waals surface area contributed by atoms with E-state index < -0.39 is 81.2 Å². The molecular formula is C62H32F15N5. The molecule has 3 heterocycles. The Bertz CT molecular complexity index is 4160. The van der Waals surface area contributed by atoms with Gasteiger partial charge in [-0.3, -0.25) is 0 Å². The van der Waals surface area contributed by atoms with Crippen LogP contribution in [0.25, 0.3) is 111 Å². The maximum Gasteiger partial charge on any atom is 0.420 e. The van der Waals surface area contributed by atoms with Crippen LogP contribution in [0.1, 0.15) is 27.8 Å². The summed E-state index contributed by atoms with van der Waals surface area (Å²) in [7, 11) is 0. The molecule has 0 fully saturated rings. The lowest BCUT2D eigenvalue weighted by molar-refractivity contribution is -0.144. The van der Waals surface area contributed by atoms with Gasteiger partial charge in [-0.05, 0) is 107 Å². The van der Waals surface area contributed by atoms with E-state index in [1.807, 2.05) is 0 Å². The van der Waals surface area contributed by atoms with Crippen LogP contribution >= 0.6 is 0 Å². The van der Waals surface area contributed by atoms with Gasteiger partial charge in [-0.25, -0.2) is 15.0 Å². The average Bonchev–Trinajstić information content (AvgIpc) is 2.24. The van der Waals surface area contributed by atoms with Crippen LogP contribution in [0.15, 0.2) is 194 Å². The Morgan fingerprint density at radius 1 is 0.244 bits per heavy atom. The van der Waals surface area contributed by atoms with Crippen molar-refractivity contribution in [3.05, 3.63) is 222 Å². The lowest BCUT2D eigenvalue weighted by Gasteiger charge is -2.23. The molecule has 3 aromatic heterocycles. The summed E-state index contributed by atoms with van der Waals surface area (Å²) in [5.41, 5.74) is -8.76. The van der Waals surface area contributed by atoms with E-state index in [2.05, 4.69) is 0 Å². The molecule has 0 aliphatic rings. The van der Waals surface area contributed by atoms with Crippen molar-refractivity contribution in [1.29, 1.82) is 0 Å². The number of halogens is 15. The quantitative estimate of drug-likeness (QED) is 0.149. The SMILES string of the molecule is FC(F)(F)c1cc(-c2ccc3c(c2)c2ccccc2n3-c2cc(-c3nc(-c4ccccc4)nc(-c4ccccc4)n3)cc(-n3c4ccccc4c4cc(-c5cc(C(F)(F)F)cc(C(F)(F)F)c5)ccc43)c2C(F)(F)F)cc(C(F)(F)F)c1. The zero-order valence-corrected chi connectivity index (χ0v) is 41.4. The minimum absolute atomic E-state index is 0.0191. The summed E-state index contributed by atoms with van der Waals surface area (Å²) in [5, 5.41) is 0.746. The van der Waals surface area contributed by atoms with E-state index in [0.717, 1.165) is 0 Å². The molecule has 9 aromatic carbocycles. The normalized spacial score (nSPS) is 12.8. The summed E-state index contributed by atoms with van der Waals surface area (Å²) >= 11 is 0. The third kappa shape index (κ3) is 9.60. The number of rotatable bonds is 7. The molecule has 5 nitrogen and oxygen atoms in total. The Balaban J connectivity index is 1.18. The molecule has 0 saturated heterocycles. The number of hydrogen-bond donors (Lipinski definition) is 0. The Hall–Kier alpha value is -9.46. The van der Waals surface area contributed by atoms with Crippen LogP contribution in [-0.2, 0) is 30.9 Å². The number of fused-ring (bicyclic) bond motifs is 6. The first kappa shape index (κ1) is 53.2. The highest BCUT2D eigenvalue weighted by molar-refractivity contribution is 6.12.